The van der Waals surface area contributed by atoms with E-state index in [0.29, 0.717) is 37.8 Å². The number of hydrogen-bond acceptors (Lipinski definition) is 9. The van der Waals surface area contributed by atoms with Crippen molar-refractivity contribution in [3.05, 3.63) is 121 Å². The quantitative estimate of drug-likeness (QED) is 0.0308. The fourth-order valence-electron chi connectivity index (χ4n) is 12.2. The molecule has 17 heteroatoms. The highest BCUT2D eigenvalue weighted by Gasteiger charge is 2.33. The number of benzene rings is 4. The molecule has 0 heterocycles. The van der Waals surface area contributed by atoms with Crippen molar-refractivity contribution in [2.24, 2.45) is 11.8 Å². The SMILES string of the molecule is CC(C)P(=O)(N(C)C)N(C)C.CCCCCCCCP(=O)(CC(=O)N(CC(C)C)CC(C)C)c1ccccc1.CCCCCCCCP(=O)(CCCCCCCC)CCCCCCCC.CCCCOP(=O)(OCCCC)OCCCC.O=P(c1ccccc1)(c1ccccc1)c1ccccc1. The van der Waals surface area contributed by atoms with E-state index in [9.17, 15) is 27.6 Å². The van der Waals surface area contributed by atoms with Gasteiger partial charge in [-0.15, -0.1) is 0 Å². The Morgan fingerprint density at radius 2 is 0.598 bits per heavy atom. The zero-order chi connectivity index (χ0) is 76.4. The van der Waals surface area contributed by atoms with Crippen molar-refractivity contribution < 1.29 is 41.2 Å². The van der Waals surface area contributed by atoms with Crippen molar-refractivity contribution in [3.63, 3.8) is 0 Å². The third-order valence-corrected chi connectivity index (χ3v) is 32.9. The van der Waals surface area contributed by atoms with Crippen LogP contribution in [0.2, 0.25) is 0 Å². The predicted octanol–water partition coefficient (Wildman–Crippen LogP) is 25.2. The van der Waals surface area contributed by atoms with Gasteiger partial charge in [0.05, 0.1) is 33.1 Å². The minimum Gasteiger partial charge on any atom is -0.342 e. The Morgan fingerprint density at radius 3 is 0.843 bits per heavy atom. The highest BCUT2D eigenvalue weighted by Crippen LogP contribution is 2.54. The molecule has 4 aromatic rings. The van der Waals surface area contributed by atoms with Crippen LogP contribution in [0, 0.1) is 11.8 Å². The molecule has 4 rings (SSSR count). The Labute approximate surface area is 628 Å². The number of phosphoric ester groups is 1. The Hall–Kier alpha value is -2.70. The molecule has 1 atom stereocenters. The first-order valence-electron chi connectivity index (χ1n) is 40.5. The summed E-state index contributed by atoms with van der Waals surface area (Å²) in [5.74, 6) is 0.885. The van der Waals surface area contributed by atoms with E-state index in [0.717, 1.165) is 104 Å². The van der Waals surface area contributed by atoms with Gasteiger partial charge in [-0.2, -0.15) is 0 Å². The van der Waals surface area contributed by atoms with E-state index >= 15 is 0 Å². The summed E-state index contributed by atoms with van der Waals surface area (Å²) in [4.78, 5) is 15.1. The highest BCUT2D eigenvalue weighted by atomic mass is 31.2. The van der Waals surface area contributed by atoms with Crippen LogP contribution in [-0.2, 0) is 41.2 Å². The molecule has 0 aromatic heterocycles. The molecule has 1 amide bonds. The van der Waals surface area contributed by atoms with Crippen LogP contribution in [0.4, 0.5) is 0 Å². The van der Waals surface area contributed by atoms with Gasteiger partial charge in [-0.3, -0.25) is 22.9 Å². The zero-order valence-corrected chi connectivity index (χ0v) is 72.8. The third kappa shape index (κ3) is 44.6. The summed E-state index contributed by atoms with van der Waals surface area (Å²) in [7, 11) is -5.51. The zero-order valence-electron chi connectivity index (χ0n) is 68.3. The molecular weight excluding hydrogens is 1360 g/mol. The number of carbonyl (C=O) groups is 1. The second kappa shape index (κ2) is 61.2. The molecule has 0 saturated carbocycles. The number of rotatable bonds is 53. The van der Waals surface area contributed by atoms with Gasteiger partial charge in [0.2, 0.25) is 13.4 Å². The number of hydrogen-bond donors (Lipinski definition) is 0. The lowest BCUT2D eigenvalue weighted by molar-refractivity contribution is -0.129. The number of carbonyl (C=O) groups excluding carboxylic acids is 1. The highest BCUT2D eigenvalue weighted by molar-refractivity contribution is 7.85. The first-order valence-corrected chi connectivity index (χ1v) is 49.7. The first kappa shape index (κ1) is 99.3. The van der Waals surface area contributed by atoms with Crippen molar-refractivity contribution in [2.75, 3.05) is 91.9 Å². The van der Waals surface area contributed by atoms with Gasteiger partial charge in [-0.1, -0.05) is 359 Å². The van der Waals surface area contributed by atoms with Crippen molar-refractivity contribution in [1.82, 2.24) is 14.2 Å². The maximum absolute atomic E-state index is 13.9. The molecule has 0 N–H and O–H groups in total. The van der Waals surface area contributed by atoms with E-state index < -0.39 is 36.7 Å². The Kier molecular flexibility index (Phi) is 59.6. The fourth-order valence-corrected chi connectivity index (χ4v) is 24.5. The maximum atomic E-state index is 13.9. The second-order valence-corrected chi connectivity index (χ2v) is 44.3. The van der Waals surface area contributed by atoms with Crippen LogP contribution < -0.4 is 21.2 Å². The van der Waals surface area contributed by atoms with Crippen LogP contribution in [0.1, 0.15) is 283 Å². The monoisotopic (exact) mass is 1520 g/mol. The number of nitrogens with zero attached hydrogens (tertiary/aromatic N) is 3. The summed E-state index contributed by atoms with van der Waals surface area (Å²) in [6.45, 7) is 30.5. The van der Waals surface area contributed by atoms with Gasteiger partial charge >= 0.3 is 7.82 Å². The molecule has 1 unspecified atom stereocenters. The molecule has 0 aliphatic rings. The van der Waals surface area contributed by atoms with E-state index in [1.165, 1.54) is 141 Å². The van der Waals surface area contributed by atoms with E-state index in [4.69, 9.17) is 13.6 Å². The molecule has 0 saturated heterocycles. The molecule has 0 radical (unpaired) electrons. The van der Waals surface area contributed by atoms with Gasteiger partial charge < -0.3 is 18.6 Å². The van der Waals surface area contributed by atoms with Gasteiger partial charge in [0.1, 0.15) is 7.14 Å². The van der Waals surface area contributed by atoms with E-state index in [1.54, 1.807) is 0 Å². The van der Waals surface area contributed by atoms with Crippen LogP contribution in [-0.4, -0.2) is 118 Å². The van der Waals surface area contributed by atoms with Gasteiger partial charge in [0, 0.05) is 64.6 Å². The average Bonchev–Trinajstić information content (AvgIpc) is 0.774. The topological polar surface area (TPSA) is 140 Å². The maximum Gasteiger partial charge on any atom is 0.474 e. The summed E-state index contributed by atoms with van der Waals surface area (Å²) in [6, 6.07) is 38.9. The Balaban J connectivity index is 0.00000129. The molecule has 0 aliphatic heterocycles. The van der Waals surface area contributed by atoms with Crippen molar-refractivity contribution >= 4 is 63.8 Å². The summed E-state index contributed by atoms with van der Waals surface area (Å²) in [6.07, 6.45) is 40.3. The standard InChI is InChI=1S/C24H42NO2P.C24H51OP.C18H15OP.C12H27O4P.C7H19N2OP/c1-6-7-8-9-10-14-17-28(27,23-15-12-11-13-16-23)20-24(26)25(18-21(2)3)19-22(4)5;1-4-7-10-13-16-19-22-26(25,23-20-17-14-11-8-5-2)24-21-18-15-12-9-6-3;19-20(16-10-4-1-5-11-16,17-12-6-2-7-13-17)18-14-8-3-9-15-18;1-4-7-10-14-17(13,15-11-8-5-2)16-12-9-6-3;1-7(2)11(10,8(3)4)9(5)6/h11-13,15-16,21-22H,6-10,14,17-20H2,1-5H3;4-24H2,1-3H3;1-15H;4-12H2,1-3H3;7H,1-6H3. The minimum atomic E-state index is -3.31. The Bertz CT molecular complexity index is 2620. The summed E-state index contributed by atoms with van der Waals surface area (Å²) in [5.41, 5.74) is 0.187. The molecule has 588 valence electrons. The molecule has 0 fully saturated rings. The van der Waals surface area contributed by atoms with Crippen LogP contribution >= 0.6 is 36.7 Å². The van der Waals surface area contributed by atoms with E-state index in [2.05, 4.69) is 76.2 Å². The minimum absolute atomic E-state index is 0.0561. The predicted molar refractivity (Wildman–Crippen MR) is 452 cm³/mol. The smallest absolute Gasteiger partial charge is 0.342 e. The first-order chi connectivity index (χ1) is 48.8. The van der Waals surface area contributed by atoms with E-state index in [-0.39, 0.29) is 17.7 Å². The van der Waals surface area contributed by atoms with Gasteiger partial charge in [-0.25, -0.2) is 13.9 Å². The van der Waals surface area contributed by atoms with Crippen molar-refractivity contribution in [1.29, 1.82) is 0 Å². The molecule has 0 spiro atoms. The number of phosphoric acid groups is 1. The fraction of sp³-hybridized carbons (Fsp3) is 0.706. The summed E-state index contributed by atoms with van der Waals surface area (Å²) in [5, 5.41) is 3.48. The Morgan fingerprint density at radius 1 is 0.343 bits per heavy atom. The van der Waals surface area contributed by atoms with Crippen molar-refractivity contribution in [3.8, 4) is 0 Å². The van der Waals surface area contributed by atoms with Crippen LogP contribution in [0.15, 0.2) is 121 Å². The van der Waals surface area contributed by atoms with Gasteiger partial charge in [0.25, 0.3) is 0 Å². The molecule has 102 heavy (non-hydrogen) atoms. The van der Waals surface area contributed by atoms with Gasteiger partial charge in [-0.05, 0) is 85.0 Å². The van der Waals surface area contributed by atoms with Crippen LogP contribution in [0.5, 0.6) is 0 Å². The molecule has 4 aromatic carbocycles. The van der Waals surface area contributed by atoms with Gasteiger partial charge in [0.15, 0.2) is 7.14 Å². The molecular formula is C85H154N3O9P5. The summed E-state index contributed by atoms with van der Waals surface area (Å²) >= 11 is 0. The third-order valence-electron chi connectivity index (χ3n) is 18.2. The van der Waals surface area contributed by atoms with Crippen LogP contribution in [0.25, 0.3) is 0 Å². The average molecular weight is 1520 g/mol. The number of unbranched alkanes of at least 4 members (excludes halogenated alkanes) is 23. The van der Waals surface area contributed by atoms with Crippen LogP contribution in [0.3, 0.4) is 0 Å². The lowest BCUT2D eigenvalue weighted by atomic mass is 10.1. The van der Waals surface area contributed by atoms with Crippen molar-refractivity contribution in [2.45, 2.75) is 288 Å². The second-order valence-electron chi connectivity index (χ2n) is 29.5. The van der Waals surface area contributed by atoms with E-state index in [1.807, 2.05) is 178 Å². The normalized spacial score (nSPS) is 12.5. The molecule has 12 nitrogen and oxygen atoms in total. The number of amides is 1. The molecule has 0 aliphatic carbocycles. The largest absolute Gasteiger partial charge is 0.474 e. The molecule has 0 bridgehead atoms. The lowest BCUT2D eigenvalue weighted by Gasteiger charge is -2.33. The lowest BCUT2D eigenvalue weighted by Crippen LogP contribution is -2.39. The summed E-state index contributed by atoms with van der Waals surface area (Å²) < 4.78 is 85.0.